The molecule has 0 unspecified atom stereocenters. The van der Waals surface area contributed by atoms with Gasteiger partial charge in [-0.15, -0.1) is 0 Å². The van der Waals surface area contributed by atoms with Gasteiger partial charge in [0.05, 0.1) is 5.52 Å². The molecule has 0 aliphatic heterocycles. The molecule has 1 heterocycles. The Morgan fingerprint density at radius 3 is 3.07 bits per heavy atom. The van der Waals surface area contributed by atoms with Gasteiger partial charge >= 0.3 is 5.76 Å². The molecule has 1 aromatic heterocycles. The molecule has 1 aromatic carbocycles. The number of H-pyrrole nitrogens is 1. The second kappa shape index (κ2) is 3.70. The SMILES string of the molecule is [CH2]CCCc1ccc2oc(=O)[nH]c2c1. The predicted octanol–water partition coefficient (Wildman–Crippen LogP) is 2.28. The molecule has 1 N–H and O–H groups in total. The number of hydrogen-bond acceptors (Lipinski definition) is 2. The molecule has 73 valence electrons. The van der Waals surface area contributed by atoms with Gasteiger partial charge in [0.15, 0.2) is 5.58 Å². The largest absolute Gasteiger partial charge is 0.417 e. The fourth-order valence-corrected chi connectivity index (χ4v) is 1.48. The maximum absolute atomic E-state index is 10.9. The molecular formula is C11H12NO2. The zero-order chi connectivity index (χ0) is 9.97. The normalized spacial score (nSPS) is 10.9. The van der Waals surface area contributed by atoms with Crippen molar-refractivity contribution in [3.05, 3.63) is 41.2 Å². The van der Waals surface area contributed by atoms with Crippen LogP contribution in [0.4, 0.5) is 0 Å². The number of benzene rings is 1. The number of aromatic nitrogens is 1. The van der Waals surface area contributed by atoms with Crippen LogP contribution in [0.15, 0.2) is 27.4 Å². The summed E-state index contributed by atoms with van der Waals surface area (Å²) in [4.78, 5) is 13.5. The van der Waals surface area contributed by atoms with Gasteiger partial charge in [-0.3, -0.25) is 4.98 Å². The van der Waals surface area contributed by atoms with Crippen LogP contribution in [-0.2, 0) is 6.42 Å². The van der Waals surface area contributed by atoms with Crippen molar-refractivity contribution >= 4 is 11.1 Å². The number of aromatic amines is 1. The lowest BCUT2D eigenvalue weighted by atomic mass is 10.1. The Morgan fingerprint density at radius 1 is 1.43 bits per heavy atom. The summed E-state index contributed by atoms with van der Waals surface area (Å²) in [6.07, 6.45) is 2.99. The van der Waals surface area contributed by atoms with Crippen LogP contribution in [0.3, 0.4) is 0 Å². The maximum Gasteiger partial charge on any atom is 0.417 e. The Hall–Kier alpha value is -1.51. The van der Waals surface area contributed by atoms with Gasteiger partial charge in [0.1, 0.15) is 0 Å². The zero-order valence-corrected chi connectivity index (χ0v) is 7.88. The van der Waals surface area contributed by atoms with Gasteiger partial charge in [0, 0.05) is 0 Å². The molecule has 0 aliphatic rings. The highest BCUT2D eigenvalue weighted by atomic mass is 16.4. The number of fused-ring (bicyclic) bond motifs is 1. The van der Waals surface area contributed by atoms with Crippen molar-refractivity contribution in [1.82, 2.24) is 4.98 Å². The second-order valence-electron chi connectivity index (χ2n) is 3.30. The Kier molecular flexibility index (Phi) is 2.39. The molecule has 0 aliphatic carbocycles. The third-order valence-corrected chi connectivity index (χ3v) is 2.20. The van der Waals surface area contributed by atoms with Gasteiger partial charge in [-0.1, -0.05) is 19.4 Å². The van der Waals surface area contributed by atoms with Crippen LogP contribution in [0.1, 0.15) is 18.4 Å². The number of aryl methyl sites for hydroxylation is 1. The topological polar surface area (TPSA) is 46.0 Å². The summed E-state index contributed by atoms with van der Waals surface area (Å²) in [6, 6.07) is 5.76. The van der Waals surface area contributed by atoms with Crippen LogP contribution in [-0.4, -0.2) is 4.98 Å². The van der Waals surface area contributed by atoms with E-state index >= 15 is 0 Å². The highest BCUT2D eigenvalue weighted by molar-refractivity contribution is 5.72. The average molecular weight is 190 g/mol. The maximum atomic E-state index is 10.9. The second-order valence-corrected chi connectivity index (χ2v) is 3.30. The summed E-state index contributed by atoms with van der Waals surface area (Å²) in [7, 11) is 0. The minimum absolute atomic E-state index is 0.394. The van der Waals surface area contributed by atoms with Crippen molar-refractivity contribution in [1.29, 1.82) is 0 Å². The summed E-state index contributed by atoms with van der Waals surface area (Å²) in [5.41, 5.74) is 2.60. The van der Waals surface area contributed by atoms with Crippen LogP contribution in [0.5, 0.6) is 0 Å². The molecule has 3 nitrogen and oxygen atoms in total. The monoisotopic (exact) mass is 190 g/mol. The van der Waals surface area contributed by atoms with E-state index in [9.17, 15) is 4.79 Å². The van der Waals surface area contributed by atoms with Gasteiger partial charge in [-0.05, 0) is 30.5 Å². The molecule has 0 bridgehead atoms. The van der Waals surface area contributed by atoms with Crippen LogP contribution >= 0.6 is 0 Å². The first-order valence-electron chi connectivity index (χ1n) is 4.70. The average Bonchev–Trinajstić information content (AvgIpc) is 2.54. The van der Waals surface area contributed by atoms with Crippen molar-refractivity contribution in [2.24, 2.45) is 0 Å². The van der Waals surface area contributed by atoms with Crippen molar-refractivity contribution in [3.8, 4) is 0 Å². The van der Waals surface area contributed by atoms with E-state index in [1.165, 1.54) is 5.56 Å². The van der Waals surface area contributed by atoms with E-state index in [2.05, 4.69) is 11.9 Å². The van der Waals surface area contributed by atoms with Gasteiger partial charge < -0.3 is 4.42 Å². The Morgan fingerprint density at radius 2 is 2.29 bits per heavy atom. The van der Waals surface area contributed by atoms with E-state index < -0.39 is 5.76 Å². The van der Waals surface area contributed by atoms with Crippen LogP contribution in [0.2, 0.25) is 0 Å². The summed E-state index contributed by atoms with van der Waals surface area (Å²) in [5.74, 6) is -0.394. The van der Waals surface area contributed by atoms with Crippen LogP contribution in [0.25, 0.3) is 11.1 Å². The standard InChI is InChI=1S/C11H12NO2/c1-2-3-4-8-5-6-10-9(7-8)12-11(13)14-10/h5-7H,1-4H2,(H,12,13). The summed E-state index contributed by atoms with van der Waals surface area (Å²) < 4.78 is 4.90. The predicted molar refractivity (Wildman–Crippen MR) is 55.1 cm³/mol. The highest BCUT2D eigenvalue weighted by Crippen LogP contribution is 2.13. The Labute approximate surface area is 81.7 Å². The first kappa shape index (κ1) is 9.06. The fourth-order valence-electron chi connectivity index (χ4n) is 1.48. The number of hydrogen-bond donors (Lipinski definition) is 1. The first-order valence-corrected chi connectivity index (χ1v) is 4.70. The van der Waals surface area contributed by atoms with Gasteiger partial charge in [-0.25, -0.2) is 4.79 Å². The molecule has 14 heavy (non-hydrogen) atoms. The molecule has 0 fully saturated rings. The third kappa shape index (κ3) is 1.71. The van der Waals surface area contributed by atoms with Crippen LogP contribution in [0, 0.1) is 6.92 Å². The van der Waals surface area contributed by atoms with Crippen molar-refractivity contribution < 1.29 is 4.42 Å². The summed E-state index contributed by atoms with van der Waals surface area (Å²) in [5, 5.41) is 0. The molecule has 0 amide bonds. The van der Waals surface area contributed by atoms with E-state index in [0.29, 0.717) is 5.58 Å². The molecule has 2 aromatic rings. The molecular weight excluding hydrogens is 178 g/mol. The number of oxazole rings is 1. The number of unbranched alkanes of at least 4 members (excludes halogenated alkanes) is 1. The third-order valence-electron chi connectivity index (χ3n) is 2.20. The van der Waals surface area contributed by atoms with Gasteiger partial charge in [-0.2, -0.15) is 0 Å². The number of nitrogens with one attached hydrogen (secondary N) is 1. The van der Waals surface area contributed by atoms with E-state index in [4.69, 9.17) is 4.42 Å². The molecule has 0 atom stereocenters. The summed E-state index contributed by atoms with van der Waals surface area (Å²) >= 11 is 0. The molecule has 0 saturated heterocycles. The minimum atomic E-state index is -0.394. The summed E-state index contributed by atoms with van der Waals surface area (Å²) in [6.45, 7) is 3.79. The van der Waals surface area contributed by atoms with Crippen molar-refractivity contribution in [2.45, 2.75) is 19.3 Å². The van der Waals surface area contributed by atoms with Crippen molar-refractivity contribution in [3.63, 3.8) is 0 Å². The highest BCUT2D eigenvalue weighted by Gasteiger charge is 2.01. The molecule has 0 saturated carbocycles. The van der Waals surface area contributed by atoms with Gasteiger partial charge in [0.2, 0.25) is 0 Å². The molecule has 0 spiro atoms. The smallest absolute Gasteiger partial charge is 0.408 e. The minimum Gasteiger partial charge on any atom is -0.408 e. The molecule has 2 rings (SSSR count). The molecule has 3 heteroatoms. The van der Waals surface area contributed by atoms with Crippen molar-refractivity contribution in [2.75, 3.05) is 0 Å². The van der Waals surface area contributed by atoms with E-state index in [-0.39, 0.29) is 0 Å². The molecule has 1 radical (unpaired) electrons. The Bertz CT molecular complexity index is 481. The lowest BCUT2D eigenvalue weighted by Crippen LogP contribution is -1.93. The van der Waals surface area contributed by atoms with Gasteiger partial charge in [0.25, 0.3) is 0 Å². The van der Waals surface area contributed by atoms with Crippen LogP contribution < -0.4 is 5.76 Å². The lowest BCUT2D eigenvalue weighted by Gasteiger charge is -1.98. The lowest BCUT2D eigenvalue weighted by molar-refractivity contribution is 0.555. The zero-order valence-electron chi connectivity index (χ0n) is 7.88. The fraction of sp³-hybridized carbons (Fsp3) is 0.273. The first-order chi connectivity index (χ1) is 6.79. The van der Waals surface area contributed by atoms with E-state index in [1.54, 1.807) is 0 Å². The van der Waals surface area contributed by atoms with E-state index in [0.717, 1.165) is 24.8 Å². The Balaban J connectivity index is 2.35. The quantitative estimate of drug-likeness (QED) is 0.807. The number of rotatable bonds is 3. The van der Waals surface area contributed by atoms with E-state index in [1.807, 2.05) is 18.2 Å².